The van der Waals surface area contributed by atoms with E-state index in [2.05, 4.69) is 33.6 Å². The van der Waals surface area contributed by atoms with Crippen LogP contribution in [-0.2, 0) is 14.4 Å². The second-order valence-corrected chi connectivity index (χ2v) is 6.77. The largest absolute Gasteiger partial charge is 0.355 e. The Hall–Kier alpha value is -2.61. The third-order valence-electron chi connectivity index (χ3n) is 3.94. The summed E-state index contributed by atoms with van der Waals surface area (Å²) in [5.74, 6) is -0.893. The third-order valence-corrected chi connectivity index (χ3v) is 4.23. The van der Waals surface area contributed by atoms with Gasteiger partial charge in [0.2, 0.25) is 17.7 Å². The second kappa shape index (κ2) is 9.91. The number of aromatic nitrogens is 1. The number of hydrogen-bond donors (Lipinski definition) is 4. The predicted molar refractivity (Wildman–Crippen MR) is 109 cm³/mol. The topological polar surface area (TPSA) is 100 Å². The molecule has 0 saturated heterocycles. The average Bonchev–Trinajstić information content (AvgIpc) is 2.65. The molecule has 144 valence electrons. The molecule has 3 amide bonds. The number of carbonyl (C=O) groups is 3. The highest BCUT2D eigenvalue weighted by atomic mass is 32.1. The molecule has 0 radical (unpaired) electrons. The van der Waals surface area contributed by atoms with Crippen molar-refractivity contribution in [1.29, 1.82) is 0 Å². The van der Waals surface area contributed by atoms with Crippen LogP contribution in [0.15, 0.2) is 36.5 Å². The van der Waals surface area contributed by atoms with Gasteiger partial charge in [0.15, 0.2) is 0 Å². The number of anilines is 1. The van der Waals surface area contributed by atoms with Crippen LogP contribution < -0.4 is 16.0 Å². The summed E-state index contributed by atoms with van der Waals surface area (Å²) in [6, 6.07) is 8.76. The average molecular weight is 388 g/mol. The molecule has 0 aliphatic heterocycles. The highest BCUT2D eigenvalue weighted by molar-refractivity contribution is 7.81. The highest BCUT2D eigenvalue weighted by Gasteiger charge is 2.24. The molecule has 0 fully saturated rings. The zero-order chi connectivity index (χ0) is 19.8. The van der Waals surface area contributed by atoms with Crippen molar-refractivity contribution < 1.29 is 14.4 Å². The van der Waals surface area contributed by atoms with E-state index in [1.807, 2.05) is 44.2 Å². The van der Waals surface area contributed by atoms with Crippen molar-refractivity contribution in [2.45, 2.75) is 26.3 Å². The molecule has 0 aliphatic carbocycles. The molecule has 0 aliphatic rings. The summed E-state index contributed by atoms with van der Waals surface area (Å²) >= 11 is 3.85. The van der Waals surface area contributed by atoms with E-state index < -0.39 is 6.04 Å². The second-order valence-electron chi connectivity index (χ2n) is 6.45. The van der Waals surface area contributed by atoms with Crippen LogP contribution in [0.4, 0.5) is 5.69 Å². The smallest absolute Gasteiger partial charge is 0.247 e. The van der Waals surface area contributed by atoms with Crippen LogP contribution in [0, 0.1) is 5.92 Å². The van der Waals surface area contributed by atoms with Crippen molar-refractivity contribution in [1.82, 2.24) is 15.6 Å². The van der Waals surface area contributed by atoms with E-state index in [9.17, 15) is 14.4 Å². The van der Waals surface area contributed by atoms with Gasteiger partial charge in [0.05, 0.1) is 23.2 Å². The number of fused-ring (bicyclic) bond motifs is 1. The van der Waals surface area contributed by atoms with Gasteiger partial charge in [-0.15, -0.1) is 0 Å². The quantitative estimate of drug-likeness (QED) is 0.518. The molecule has 1 aromatic carbocycles. The first-order valence-corrected chi connectivity index (χ1v) is 9.36. The monoisotopic (exact) mass is 388 g/mol. The Labute approximate surface area is 163 Å². The van der Waals surface area contributed by atoms with Crippen molar-refractivity contribution in [3.05, 3.63) is 36.5 Å². The van der Waals surface area contributed by atoms with Crippen molar-refractivity contribution in [2.24, 2.45) is 5.92 Å². The van der Waals surface area contributed by atoms with Gasteiger partial charge < -0.3 is 16.0 Å². The van der Waals surface area contributed by atoms with Crippen LogP contribution >= 0.6 is 12.6 Å². The third kappa shape index (κ3) is 6.25. The van der Waals surface area contributed by atoms with Gasteiger partial charge in [-0.05, 0) is 18.1 Å². The number of para-hydroxylation sites is 1. The molecule has 7 nitrogen and oxygen atoms in total. The van der Waals surface area contributed by atoms with Gasteiger partial charge in [0.1, 0.15) is 6.04 Å². The fraction of sp³-hybridized carbons (Fsp3) is 0.368. The zero-order valence-corrected chi connectivity index (χ0v) is 16.3. The minimum absolute atomic E-state index is 0.0679. The molecule has 2 aromatic rings. The summed E-state index contributed by atoms with van der Waals surface area (Å²) in [4.78, 5) is 40.2. The zero-order valence-electron chi connectivity index (χ0n) is 15.4. The number of benzene rings is 1. The van der Waals surface area contributed by atoms with E-state index in [4.69, 9.17) is 0 Å². The van der Waals surface area contributed by atoms with E-state index in [0.29, 0.717) is 5.69 Å². The Morgan fingerprint density at radius 3 is 2.59 bits per heavy atom. The summed E-state index contributed by atoms with van der Waals surface area (Å²) in [7, 11) is 0. The van der Waals surface area contributed by atoms with E-state index >= 15 is 0 Å². The summed E-state index contributed by atoms with van der Waals surface area (Å²) < 4.78 is 0. The molecule has 1 heterocycles. The lowest BCUT2D eigenvalue weighted by Gasteiger charge is -2.22. The lowest BCUT2D eigenvalue weighted by Crippen LogP contribution is -2.47. The Kier molecular flexibility index (Phi) is 7.60. The number of rotatable bonds is 8. The number of carbonyl (C=O) groups excluding carboxylic acids is 3. The van der Waals surface area contributed by atoms with Crippen LogP contribution in [0.1, 0.15) is 20.3 Å². The van der Waals surface area contributed by atoms with Crippen LogP contribution in [0.25, 0.3) is 10.9 Å². The van der Waals surface area contributed by atoms with E-state index in [1.54, 1.807) is 6.20 Å². The predicted octanol–water partition coefficient (Wildman–Crippen LogP) is 1.75. The summed E-state index contributed by atoms with van der Waals surface area (Å²) in [6.07, 6.45) is 1.68. The molecule has 8 heteroatoms. The highest BCUT2D eigenvalue weighted by Crippen LogP contribution is 2.16. The maximum absolute atomic E-state index is 12.6. The summed E-state index contributed by atoms with van der Waals surface area (Å²) in [5.41, 5.74) is 1.41. The van der Waals surface area contributed by atoms with Crippen molar-refractivity contribution in [2.75, 3.05) is 17.6 Å². The van der Waals surface area contributed by atoms with Crippen molar-refractivity contribution in [3.8, 4) is 0 Å². The van der Waals surface area contributed by atoms with Crippen LogP contribution in [0.3, 0.4) is 0 Å². The molecule has 1 unspecified atom stereocenters. The first-order valence-electron chi connectivity index (χ1n) is 8.73. The lowest BCUT2D eigenvalue weighted by atomic mass is 10.0. The molecule has 0 saturated carbocycles. The first kappa shape index (κ1) is 20.7. The summed E-state index contributed by atoms with van der Waals surface area (Å²) in [6.45, 7) is 3.91. The number of thiol groups is 1. The van der Waals surface area contributed by atoms with Crippen molar-refractivity contribution in [3.63, 3.8) is 0 Å². The van der Waals surface area contributed by atoms with Crippen LogP contribution in [-0.4, -0.2) is 41.0 Å². The SMILES string of the molecule is CC(C)C(NC(=O)CCNC(=O)CS)C(=O)Nc1cnc2ccccc2c1. The van der Waals surface area contributed by atoms with Crippen LogP contribution in [0.5, 0.6) is 0 Å². The van der Waals surface area contributed by atoms with Crippen LogP contribution in [0.2, 0.25) is 0 Å². The Morgan fingerprint density at radius 1 is 1.15 bits per heavy atom. The Bertz CT molecular complexity index is 825. The van der Waals surface area contributed by atoms with Gasteiger partial charge in [-0.3, -0.25) is 19.4 Å². The van der Waals surface area contributed by atoms with Gasteiger partial charge in [-0.2, -0.15) is 12.6 Å². The molecule has 0 bridgehead atoms. The normalized spacial score (nSPS) is 11.9. The molecule has 27 heavy (non-hydrogen) atoms. The Morgan fingerprint density at radius 2 is 1.89 bits per heavy atom. The van der Waals surface area contributed by atoms with E-state index in [1.165, 1.54) is 0 Å². The molecule has 1 atom stereocenters. The molecular weight excluding hydrogens is 364 g/mol. The number of hydrogen-bond acceptors (Lipinski definition) is 5. The maximum atomic E-state index is 12.6. The van der Waals surface area contributed by atoms with E-state index in [-0.39, 0.29) is 42.4 Å². The number of amides is 3. The first-order chi connectivity index (χ1) is 12.9. The maximum Gasteiger partial charge on any atom is 0.247 e. The van der Waals surface area contributed by atoms with Gasteiger partial charge in [-0.25, -0.2) is 0 Å². The van der Waals surface area contributed by atoms with Gasteiger partial charge >= 0.3 is 0 Å². The van der Waals surface area contributed by atoms with Gasteiger partial charge in [0, 0.05) is 18.4 Å². The molecular formula is C19H24N4O3S. The fourth-order valence-electron chi connectivity index (χ4n) is 2.51. The van der Waals surface area contributed by atoms with Gasteiger partial charge in [0.25, 0.3) is 0 Å². The minimum atomic E-state index is -0.690. The molecule has 2 rings (SSSR count). The minimum Gasteiger partial charge on any atom is -0.355 e. The lowest BCUT2D eigenvalue weighted by molar-refractivity contribution is -0.127. The number of nitrogens with zero attached hydrogens (tertiary/aromatic N) is 1. The number of pyridine rings is 1. The standard InChI is InChI=1S/C19H24N4O3S/c1-12(2)18(23-16(24)7-8-20-17(25)11-27)19(26)22-14-9-13-5-3-4-6-15(13)21-10-14/h3-6,9-10,12,18,27H,7-8,11H2,1-2H3,(H,20,25)(H,22,26)(H,23,24). The fourth-order valence-corrected chi connectivity index (χ4v) is 2.62. The van der Waals surface area contributed by atoms with Gasteiger partial charge in [-0.1, -0.05) is 32.0 Å². The van der Waals surface area contributed by atoms with E-state index in [0.717, 1.165) is 10.9 Å². The molecule has 0 spiro atoms. The molecule has 1 aromatic heterocycles. The number of nitrogens with one attached hydrogen (secondary N) is 3. The Balaban J connectivity index is 1.97. The summed E-state index contributed by atoms with van der Waals surface area (Å²) in [5, 5.41) is 9.02. The molecule has 3 N–H and O–H groups in total. The van der Waals surface area contributed by atoms with Crippen molar-refractivity contribution >= 4 is 46.9 Å².